The Morgan fingerprint density at radius 3 is 2.45 bits per heavy atom. The Labute approximate surface area is 139 Å². The fraction of sp³-hybridized carbons (Fsp3) is 0.375. The molecule has 1 aromatic carbocycles. The largest absolute Gasteiger partial charge is 0.294 e. The summed E-state index contributed by atoms with van der Waals surface area (Å²) in [6.45, 7) is 2.32. The molecule has 0 aromatic heterocycles. The maximum absolute atomic E-state index is 12.4. The summed E-state index contributed by atoms with van der Waals surface area (Å²) < 4.78 is 0. The zero-order chi connectivity index (χ0) is 15.5. The molecule has 22 heavy (non-hydrogen) atoms. The van der Waals surface area contributed by atoms with E-state index in [0.717, 1.165) is 43.3 Å². The SMILES string of the molecule is O=C1S/C(=C/c2ccc(Cl)cc2)C(=O)N1CN1CCCCC1. The molecule has 0 saturated carbocycles. The van der Waals surface area contributed by atoms with Crippen molar-refractivity contribution in [3.05, 3.63) is 39.8 Å². The summed E-state index contributed by atoms with van der Waals surface area (Å²) in [6.07, 6.45) is 5.25. The first-order valence-electron chi connectivity index (χ1n) is 7.37. The van der Waals surface area contributed by atoms with Gasteiger partial charge in [-0.15, -0.1) is 0 Å². The first kappa shape index (κ1) is 15.6. The van der Waals surface area contributed by atoms with Gasteiger partial charge >= 0.3 is 0 Å². The minimum Gasteiger partial charge on any atom is -0.286 e. The standard InChI is InChI=1S/C16H17ClN2O2S/c17-13-6-4-12(5-7-13)10-14-15(20)19(16(21)22-14)11-18-8-2-1-3-9-18/h4-7,10H,1-3,8-9,11H2/b14-10+. The first-order chi connectivity index (χ1) is 10.6. The number of imide groups is 1. The van der Waals surface area contributed by atoms with E-state index in [2.05, 4.69) is 4.90 Å². The quantitative estimate of drug-likeness (QED) is 0.787. The lowest BCUT2D eigenvalue weighted by molar-refractivity contribution is -0.124. The van der Waals surface area contributed by atoms with Crippen LogP contribution >= 0.6 is 23.4 Å². The van der Waals surface area contributed by atoms with Crippen LogP contribution in [0.25, 0.3) is 6.08 Å². The highest BCUT2D eigenvalue weighted by Crippen LogP contribution is 2.32. The van der Waals surface area contributed by atoms with Crippen molar-refractivity contribution >= 4 is 40.6 Å². The minimum absolute atomic E-state index is 0.184. The number of likely N-dealkylation sites (tertiary alicyclic amines) is 1. The van der Waals surface area contributed by atoms with Crippen molar-refractivity contribution in [2.75, 3.05) is 19.8 Å². The number of thioether (sulfide) groups is 1. The highest BCUT2D eigenvalue weighted by molar-refractivity contribution is 8.18. The molecule has 2 heterocycles. The van der Waals surface area contributed by atoms with Crippen molar-refractivity contribution in [3.63, 3.8) is 0 Å². The zero-order valence-corrected chi connectivity index (χ0v) is 13.7. The number of piperidine rings is 1. The normalized spacial score (nSPS) is 21.9. The van der Waals surface area contributed by atoms with Gasteiger partial charge < -0.3 is 0 Å². The first-order valence-corrected chi connectivity index (χ1v) is 8.56. The Hall–Kier alpha value is -1.30. The van der Waals surface area contributed by atoms with E-state index in [9.17, 15) is 9.59 Å². The van der Waals surface area contributed by atoms with Crippen LogP contribution in [0.5, 0.6) is 0 Å². The van der Waals surface area contributed by atoms with E-state index in [1.165, 1.54) is 11.3 Å². The van der Waals surface area contributed by atoms with Gasteiger partial charge in [0.05, 0.1) is 11.6 Å². The van der Waals surface area contributed by atoms with E-state index in [4.69, 9.17) is 11.6 Å². The Balaban J connectivity index is 1.71. The van der Waals surface area contributed by atoms with Crippen molar-refractivity contribution in [2.45, 2.75) is 19.3 Å². The van der Waals surface area contributed by atoms with Gasteiger partial charge in [-0.05, 0) is 61.5 Å². The summed E-state index contributed by atoms with van der Waals surface area (Å²) in [5, 5.41) is 0.464. The molecule has 0 atom stereocenters. The Morgan fingerprint density at radius 2 is 1.77 bits per heavy atom. The third kappa shape index (κ3) is 3.54. The van der Waals surface area contributed by atoms with Crippen molar-refractivity contribution in [2.24, 2.45) is 0 Å². The molecule has 3 rings (SSSR count). The molecule has 6 heteroatoms. The fourth-order valence-electron chi connectivity index (χ4n) is 2.63. The lowest BCUT2D eigenvalue weighted by atomic mass is 10.1. The topological polar surface area (TPSA) is 40.6 Å². The van der Waals surface area contributed by atoms with Crippen molar-refractivity contribution in [1.29, 1.82) is 0 Å². The van der Waals surface area contributed by atoms with E-state index in [1.54, 1.807) is 18.2 Å². The number of benzene rings is 1. The van der Waals surface area contributed by atoms with Gasteiger partial charge in [-0.2, -0.15) is 0 Å². The molecule has 0 spiro atoms. The van der Waals surface area contributed by atoms with E-state index in [-0.39, 0.29) is 11.1 Å². The summed E-state index contributed by atoms with van der Waals surface area (Å²) in [5.41, 5.74) is 0.868. The summed E-state index contributed by atoms with van der Waals surface area (Å²) in [6, 6.07) is 7.21. The van der Waals surface area contributed by atoms with Crippen LogP contribution in [0.2, 0.25) is 5.02 Å². The molecule has 2 fully saturated rings. The van der Waals surface area contributed by atoms with Crippen LogP contribution in [0.1, 0.15) is 24.8 Å². The van der Waals surface area contributed by atoms with Crippen molar-refractivity contribution in [3.8, 4) is 0 Å². The molecule has 2 amide bonds. The predicted octanol–water partition coefficient (Wildman–Crippen LogP) is 3.82. The number of hydrogen-bond acceptors (Lipinski definition) is 4. The van der Waals surface area contributed by atoms with E-state index >= 15 is 0 Å². The average molecular weight is 337 g/mol. The minimum atomic E-state index is -0.199. The summed E-state index contributed by atoms with van der Waals surface area (Å²) >= 11 is 6.86. The molecular formula is C16H17ClN2O2S. The summed E-state index contributed by atoms with van der Waals surface area (Å²) in [4.78, 5) is 28.5. The van der Waals surface area contributed by atoms with Crippen LogP contribution in [-0.2, 0) is 4.79 Å². The van der Waals surface area contributed by atoms with E-state index in [0.29, 0.717) is 16.6 Å². The molecule has 0 aliphatic carbocycles. The maximum Gasteiger partial charge on any atom is 0.294 e. The average Bonchev–Trinajstić information content (AvgIpc) is 2.78. The third-order valence-electron chi connectivity index (χ3n) is 3.83. The van der Waals surface area contributed by atoms with Crippen LogP contribution in [-0.4, -0.2) is 40.7 Å². The highest BCUT2D eigenvalue weighted by atomic mass is 35.5. The van der Waals surface area contributed by atoms with Gasteiger partial charge in [0.1, 0.15) is 0 Å². The smallest absolute Gasteiger partial charge is 0.286 e. The van der Waals surface area contributed by atoms with Gasteiger partial charge in [-0.1, -0.05) is 30.2 Å². The van der Waals surface area contributed by atoms with E-state index < -0.39 is 0 Å². The highest BCUT2D eigenvalue weighted by Gasteiger charge is 2.36. The molecule has 2 saturated heterocycles. The number of rotatable bonds is 3. The summed E-state index contributed by atoms with van der Waals surface area (Å²) in [5.74, 6) is -0.199. The summed E-state index contributed by atoms with van der Waals surface area (Å²) in [7, 11) is 0. The second kappa shape index (κ2) is 6.86. The molecular weight excluding hydrogens is 320 g/mol. The Morgan fingerprint density at radius 1 is 1.09 bits per heavy atom. The number of amides is 2. The van der Waals surface area contributed by atoms with Crippen LogP contribution in [0.3, 0.4) is 0 Å². The van der Waals surface area contributed by atoms with E-state index in [1.807, 2.05) is 12.1 Å². The van der Waals surface area contributed by atoms with Crippen LogP contribution in [0.15, 0.2) is 29.2 Å². The fourth-order valence-corrected chi connectivity index (χ4v) is 3.59. The van der Waals surface area contributed by atoms with Crippen LogP contribution in [0, 0.1) is 0 Å². The maximum atomic E-state index is 12.4. The molecule has 2 aliphatic heterocycles. The van der Waals surface area contributed by atoms with Gasteiger partial charge in [0, 0.05) is 5.02 Å². The van der Waals surface area contributed by atoms with Gasteiger partial charge in [-0.3, -0.25) is 19.4 Å². The lowest BCUT2D eigenvalue weighted by Crippen LogP contribution is -2.42. The molecule has 2 aliphatic rings. The molecule has 1 aromatic rings. The molecule has 4 nitrogen and oxygen atoms in total. The predicted molar refractivity (Wildman–Crippen MR) is 89.6 cm³/mol. The number of carbonyl (C=O) groups excluding carboxylic acids is 2. The zero-order valence-electron chi connectivity index (χ0n) is 12.1. The van der Waals surface area contributed by atoms with Gasteiger partial charge in [0.15, 0.2) is 0 Å². The van der Waals surface area contributed by atoms with Gasteiger partial charge in [0.2, 0.25) is 0 Å². The number of hydrogen-bond donors (Lipinski definition) is 0. The Bertz CT molecular complexity index is 609. The lowest BCUT2D eigenvalue weighted by Gasteiger charge is -2.29. The second-order valence-corrected chi connectivity index (χ2v) is 6.91. The second-order valence-electron chi connectivity index (χ2n) is 5.48. The van der Waals surface area contributed by atoms with Crippen LogP contribution in [0.4, 0.5) is 4.79 Å². The number of nitrogens with zero attached hydrogens (tertiary/aromatic N) is 2. The van der Waals surface area contributed by atoms with Gasteiger partial charge in [0.25, 0.3) is 11.1 Å². The molecule has 116 valence electrons. The van der Waals surface area contributed by atoms with Crippen molar-refractivity contribution < 1.29 is 9.59 Å². The molecule has 0 N–H and O–H groups in total. The van der Waals surface area contributed by atoms with Crippen molar-refractivity contribution in [1.82, 2.24) is 9.80 Å². The molecule has 0 unspecified atom stereocenters. The monoisotopic (exact) mass is 336 g/mol. The van der Waals surface area contributed by atoms with Crippen LogP contribution < -0.4 is 0 Å². The number of carbonyl (C=O) groups is 2. The third-order valence-corrected chi connectivity index (χ3v) is 4.99. The van der Waals surface area contributed by atoms with Gasteiger partial charge in [-0.25, -0.2) is 0 Å². The Kier molecular flexibility index (Phi) is 4.86. The molecule has 0 bridgehead atoms. The molecule has 0 radical (unpaired) electrons. The number of halogens is 1.